The lowest BCUT2D eigenvalue weighted by molar-refractivity contribution is -0.359. The van der Waals surface area contributed by atoms with E-state index < -0.39 is 152 Å². The number of alkyl halides is 2. The summed E-state index contributed by atoms with van der Waals surface area (Å²) in [6.45, 7) is 4.33. The van der Waals surface area contributed by atoms with E-state index in [1.807, 2.05) is 0 Å². The summed E-state index contributed by atoms with van der Waals surface area (Å²) in [7, 11) is 0. The van der Waals surface area contributed by atoms with Gasteiger partial charge in [0, 0.05) is 34.6 Å². The summed E-state index contributed by atoms with van der Waals surface area (Å²) in [4.78, 5) is 105. The molecular formula is C56H61Cl2N7O21. The highest BCUT2D eigenvalue weighted by Gasteiger charge is 2.64. The number of esters is 8. The number of nitrogens with zero attached hydrogens (tertiary/aromatic N) is 6. The molecule has 2 aromatic heterocycles. The third kappa shape index (κ3) is 16.1. The molecule has 0 bridgehead atoms. The summed E-state index contributed by atoms with van der Waals surface area (Å²) < 4.78 is 80.9. The Labute approximate surface area is 500 Å². The molecule has 0 saturated carbocycles. The van der Waals surface area contributed by atoms with Gasteiger partial charge in [0.15, 0.2) is 49.0 Å². The van der Waals surface area contributed by atoms with Gasteiger partial charge in [-0.15, -0.1) is 33.4 Å². The van der Waals surface area contributed by atoms with Gasteiger partial charge in [-0.1, -0.05) is 65.0 Å². The fourth-order valence-electron chi connectivity index (χ4n) is 9.51. The van der Waals surface area contributed by atoms with Crippen LogP contribution in [-0.4, -0.2) is 175 Å². The van der Waals surface area contributed by atoms with Crippen molar-refractivity contribution in [2.24, 2.45) is 5.73 Å². The van der Waals surface area contributed by atoms with Crippen LogP contribution in [0.2, 0.25) is 0 Å². The number of rotatable bonds is 24. The lowest BCUT2D eigenvalue weighted by atomic mass is 10.0. The minimum absolute atomic E-state index is 0.0720. The topological polar surface area (TPSA) is 344 Å². The van der Waals surface area contributed by atoms with Crippen molar-refractivity contribution >= 4 is 71.0 Å². The maximum absolute atomic E-state index is 14.2. The molecule has 3 saturated heterocycles. The van der Waals surface area contributed by atoms with Crippen LogP contribution in [0.3, 0.4) is 0 Å². The Balaban J connectivity index is 1.13. The van der Waals surface area contributed by atoms with Gasteiger partial charge in [-0.05, 0) is 55.8 Å². The molecule has 3 aliphatic heterocycles. The fraction of sp³-hybridized carbons (Fsp3) is 0.464. The van der Waals surface area contributed by atoms with E-state index >= 15 is 0 Å². The quantitative estimate of drug-likeness (QED) is 0.0525. The highest BCUT2D eigenvalue weighted by Crippen LogP contribution is 2.43. The molecule has 86 heavy (non-hydrogen) atoms. The second-order valence-corrected chi connectivity index (χ2v) is 20.5. The second kappa shape index (κ2) is 29.4. The molecule has 0 unspecified atom stereocenters. The molecule has 460 valence electrons. The van der Waals surface area contributed by atoms with Crippen molar-refractivity contribution in [3.8, 4) is 0 Å². The molecule has 5 aromatic rings. The van der Waals surface area contributed by atoms with Gasteiger partial charge in [-0.25, -0.2) is 23.7 Å². The van der Waals surface area contributed by atoms with Crippen molar-refractivity contribution in [1.82, 2.24) is 30.0 Å². The number of carbonyl (C=O) groups excluding carboxylic acids is 8. The normalized spacial score (nSPS) is 27.0. The van der Waals surface area contributed by atoms with Gasteiger partial charge >= 0.3 is 47.8 Å². The maximum Gasteiger partial charge on any atom is 0.338 e. The van der Waals surface area contributed by atoms with Crippen LogP contribution >= 0.6 is 23.2 Å². The third-order valence-corrected chi connectivity index (χ3v) is 14.1. The number of carbonyl (C=O) groups is 8. The Bertz CT molecular complexity index is 3160. The van der Waals surface area contributed by atoms with Crippen LogP contribution < -0.4 is 5.73 Å². The number of aromatic nitrogens is 6. The average molecular weight is 1240 g/mol. The van der Waals surface area contributed by atoms with Gasteiger partial charge < -0.3 is 67.3 Å². The molecule has 5 heterocycles. The number of ether oxygens (including phenoxy) is 13. The molecule has 0 amide bonds. The summed E-state index contributed by atoms with van der Waals surface area (Å²) in [5.74, 6) is -10.0. The molecule has 14 atom stereocenters. The molecule has 8 rings (SSSR count). The van der Waals surface area contributed by atoms with Gasteiger partial charge in [0.1, 0.15) is 29.9 Å². The van der Waals surface area contributed by atoms with E-state index in [9.17, 15) is 38.4 Å². The van der Waals surface area contributed by atoms with Crippen LogP contribution in [0.4, 0.5) is 0 Å². The first-order valence-electron chi connectivity index (χ1n) is 26.8. The van der Waals surface area contributed by atoms with Crippen molar-refractivity contribution < 1.29 is 99.9 Å². The average Bonchev–Trinajstić information content (AvgIpc) is 2.04. The highest BCUT2D eigenvalue weighted by molar-refractivity contribution is 6.21. The molecule has 0 radical (unpaired) electrons. The molecular weight excluding hydrogens is 1180 g/mol. The number of hydrogen-bond donors (Lipinski definition) is 1. The molecule has 0 aliphatic carbocycles. The van der Waals surface area contributed by atoms with Crippen molar-refractivity contribution in [2.45, 2.75) is 146 Å². The number of halogens is 2. The lowest BCUT2D eigenvalue weighted by Gasteiger charge is -2.45. The summed E-state index contributed by atoms with van der Waals surface area (Å²) in [5.41, 5.74) is 6.64. The molecule has 0 spiro atoms. The van der Waals surface area contributed by atoms with E-state index in [-0.39, 0.29) is 28.9 Å². The monoisotopic (exact) mass is 1240 g/mol. The van der Waals surface area contributed by atoms with E-state index in [0.717, 1.165) is 34.6 Å². The van der Waals surface area contributed by atoms with Crippen molar-refractivity contribution in [2.75, 3.05) is 19.0 Å². The third-order valence-electron chi connectivity index (χ3n) is 13.2. The molecule has 3 aromatic carbocycles. The van der Waals surface area contributed by atoms with Gasteiger partial charge in [0.2, 0.25) is 18.4 Å². The Kier molecular flexibility index (Phi) is 21.9. The first-order valence-corrected chi connectivity index (χ1v) is 27.8. The predicted octanol–water partition coefficient (Wildman–Crippen LogP) is 3.48. The largest absolute Gasteiger partial charge is 0.463 e. The predicted molar refractivity (Wildman–Crippen MR) is 290 cm³/mol. The Morgan fingerprint density at radius 1 is 0.581 bits per heavy atom. The van der Waals surface area contributed by atoms with Crippen LogP contribution in [0.15, 0.2) is 103 Å². The Hall–Kier alpha value is -7.96. The Morgan fingerprint density at radius 3 is 1.65 bits per heavy atom. The minimum atomic E-state index is -2.36. The second-order valence-electron chi connectivity index (χ2n) is 19.7. The zero-order valence-electron chi connectivity index (χ0n) is 46.9. The molecule has 30 heteroatoms. The summed E-state index contributed by atoms with van der Waals surface area (Å²) in [6.07, 6.45) is -15.4. The van der Waals surface area contributed by atoms with Crippen LogP contribution in [0.1, 0.15) is 89.7 Å². The van der Waals surface area contributed by atoms with Gasteiger partial charge in [-0.2, -0.15) is 0 Å². The molecule has 3 aliphatic rings. The summed E-state index contributed by atoms with van der Waals surface area (Å²) in [6, 6.07) is 23.7. The number of nitrogens with two attached hydrogens (primary N) is 1. The van der Waals surface area contributed by atoms with Crippen LogP contribution in [-0.2, 0) is 105 Å². The SMILES string of the molecule is CC(=O)OC[C@H]1O[C@H](O[C@]2(CCl)O[C@H](Cn3cc(CO[C@@H]4O[C@H](n5cc(CCCN)nn5)[C@@H](OC(=O)c5ccccc5)[C@H](OC(=O)c5ccccc5)[C@H]4OC(=O)c4ccccc4)nn3)[C@@H](OC(C)=O)[C@@H]2OC(C)=O)[C@H](OC(C)=O)[C@@H](OC(C)=O)[C@H]1Cl. The standard InChI is InChI=1S/C56H61Cl2N7O21/c1-30(66)74-28-41-42(58)44(77-32(3)68)47(78-33(4)69)55(80-41)86-56(29-57)49(79-34(5)70)43(76-31(2)67)40(85-56)26-64-24-39(61-62-64)27-75-54-48(83-53(73)37-20-13-8-14-21-37)45(81-51(71)35-16-9-6-10-17-35)46(82-52(72)36-18-11-7-12-19-36)50(84-54)65-25-38(60-63-65)22-15-23-59/h6-14,16-21,24-25,40-50,54-55H,15,22-23,26-29,59H2,1-5H3/t40-,41-,42+,43-,44+,45+,46+,47-,48-,49+,50+,54-,55-,56+/m1/s1. The first kappa shape index (κ1) is 64.0. The van der Waals surface area contributed by atoms with Crippen molar-refractivity contribution in [1.29, 1.82) is 0 Å². The van der Waals surface area contributed by atoms with E-state index in [1.54, 1.807) is 54.6 Å². The Morgan fingerprint density at radius 2 is 1.10 bits per heavy atom. The summed E-state index contributed by atoms with van der Waals surface area (Å²) >= 11 is 13.4. The van der Waals surface area contributed by atoms with E-state index in [4.69, 9.17) is 90.5 Å². The summed E-state index contributed by atoms with van der Waals surface area (Å²) in [5, 5.41) is 15.8. The number of hydrogen-bond acceptors (Lipinski definition) is 26. The molecule has 28 nitrogen and oxygen atoms in total. The number of aryl methyl sites for hydroxylation is 1. The zero-order valence-corrected chi connectivity index (χ0v) is 48.4. The highest BCUT2D eigenvalue weighted by atomic mass is 35.5. The van der Waals surface area contributed by atoms with Crippen molar-refractivity contribution in [3.63, 3.8) is 0 Å². The molecule has 2 N–H and O–H groups in total. The maximum atomic E-state index is 14.2. The van der Waals surface area contributed by atoms with Gasteiger partial charge in [-0.3, -0.25) is 24.0 Å². The first-order chi connectivity index (χ1) is 41.3. The van der Waals surface area contributed by atoms with E-state index in [2.05, 4.69) is 20.6 Å². The van der Waals surface area contributed by atoms with E-state index in [0.29, 0.717) is 25.1 Å². The lowest BCUT2D eigenvalue weighted by Crippen LogP contribution is -2.63. The van der Waals surface area contributed by atoms with E-state index in [1.165, 1.54) is 58.2 Å². The number of benzene rings is 3. The van der Waals surface area contributed by atoms with Gasteiger partial charge in [0.05, 0.1) is 53.8 Å². The molecule has 3 fully saturated rings. The minimum Gasteiger partial charge on any atom is -0.463 e. The smallest absolute Gasteiger partial charge is 0.338 e. The zero-order chi connectivity index (χ0) is 61.7. The van der Waals surface area contributed by atoms with Crippen LogP contribution in [0, 0.1) is 0 Å². The van der Waals surface area contributed by atoms with Gasteiger partial charge in [0.25, 0.3) is 0 Å². The fourth-order valence-corrected chi connectivity index (χ4v) is 10.1. The van der Waals surface area contributed by atoms with Crippen LogP contribution in [0.25, 0.3) is 0 Å². The van der Waals surface area contributed by atoms with Crippen LogP contribution in [0.5, 0.6) is 0 Å². The van der Waals surface area contributed by atoms with Crippen molar-refractivity contribution in [3.05, 3.63) is 131 Å².